The van der Waals surface area contributed by atoms with Gasteiger partial charge in [0.1, 0.15) is 5.75 Å². The second kappa shape index (κ2) is 10.3. The van der Waals surface area contributed by atoms with Crippen molar-refractivity contribution < 1.29 is 48.0 Å². The number of hydrogen-bond acceptors (Lipinski definition) is 6. The van der Waals surface area contributed by atoms with Gasteiger partial charge in [0.2, 0.25) is 0 Å². The summed E-state index contributed by atoms with van der Waals surface area (Å²) < 4.78 is 30.2. The maximum atomic E-state index is 12.8. The van der Waals surface area contributed by atoms with Crippen LogP contribution in [-0.2, 0) is 26.0 Å². The zero-order valence-electron chi connectivity index (χ0n) is 17.6. The van der Waals surface area contributed by atoms with Crippen molar-refractivity contribution in [1.82, 2.24) is 15.0 Å². The van der Waals surface area contributed by atoms with Crippen LogP contribution in [0.1, 0.15) is 31.0 Å². The molecule has 1 fully saturated rings. The first-order chi connectivity index (χ1) is 14.1. The summed E-state index contributed by atoms with van der Waals surface area (Å²) in [6.45, 7) is 5.69. The van der Waals surface area contributed by atoms with Gasteiger partial charge in [-0.25, -0.2) is 0 Å². The van der Waals surface area contributed by atoms with E-state index in [1.54, 1.807) is 6.20 Å². The van der Waals surface area contributed by atoms with Gasteiger partial charge in [-0.15, -0.1) is 0 Å². The minimum Gasteiger partial charge on any atom is -0.493 e. The van der Waals surface area contributed by atoms with Gasteiger partial charge in [0, 0.05) is 23.3 Å². The summed E-state index contributed by atoms with van der Waals surface area (Å²) >= 11 is 0. The minimum absolute atomic E-state index is 0. The summed E-state index contributed by atoms with van der Waals surface area (Å²) in [4.78, 5) is 13.1. The van der Waals surface area contributed by atoms with Crippen molar-refractivity contribution in [3.05, 3.63) is 47.8 Å². The number of aromatic nitrogens is 3. The average Bonchev–Trinajstić information content (AvgIpc) is 3.38. The van der Waals surface area contributed by atoms with Gasteiger partial charge in [-0.1, -0.05) is 31.2 Å². The van der Waals surface area contributed by atoms with E-state index in [0.717, 1.165) is 28.8 Å². The van der Waals surface area contributed by atoms with Crippen LogP contribution in [0, 0.1) is 6.92 Å². The third-order valence-electron chi connectivity index (χ3n) is 5.14. The Morgan fingerprint density at radius 1 is 1.23 bits per heavy atom. The molecule has 0 bridgehead atoms. The molecule has 0 N–H and O–H groups in total. The van der Waals surface area contributed by atoms with E-state index in [0.29, 0.717) is 37.1 Å². The molecule has 4 rings (SSSR count). The van der Waals surface area contributed by atoms with Gasteiger partial charge in [0.05, 0.1) is 42.1 Å². The van der Waals surface area contributed by atoms with Crippen LogP contribution in [-0.4, -0.2) is 39.8 Å². The Morgan fingerprint density at radius 2 is 2.00 bits per heavy atom. The molecule has 0 radical (unpaired) electrons. The number of pyridine rings is 1. The smallest absolute Gasteiger partial charge is 0.493 e. The van der Waals surface area contributed by atoms with E-state index in [9.17, 15) is 4.21 Å². The Labute approximate surface area is 200 Å². The normalized spacial score (nSPS) is 16.3. The Bertz CT molecular complexity index is 987. The SMILES string of the molecule is CCC1(CCOc2ccnc(CS(=O)c3nc4ccccc4[n-]3)c2C)OCCO1.[Na+]. The fourth-order valence-electron chi connectivity index (χ4n) is 3.37. The van der Waals surface area contributed by atoms with Crippen LogP contribution >= 0.6 is 0 Å². The third-order valence-corrected chi connectivity index (χ3v) is 6.26. The predicted octanol–water partition coefficient (Wildman–Crippen LogP) is 0.129. The summed E-state index contributed by atoms with van der Waals surface area (Å²) in [6, 6.07) is 9.33. The van der Waals surface area contributed by atoms with Crippen molar-refractivity contribution in [1.29, 1.82) is 0 Å². The summed E-state index contributed by atoms with van der Waals surface area (Å²) in [6.07, 6.45) is 3.11. The molecule has 9 heteroatoms. The van der Waals surface area contributed by atoms with E-state index in [2.05, 4.69) is 15.0 Å². The second-order valence-corrected chi connectivity index (χ2v) is 8.27. The molecule has 30 heavy (non-hydrogen) atoms. The number of imidazole rings is 1. The molecule has 2 aromatic heterocycles. The Morgan fingerprint density at radius 3 is 2.73 bits per heavy atom. The van der Waals surface area contributed by atoms with Crippen molar-refractivity contribution in [2.75, 3.05) is 19.8 Å². The molecule has 1 unspecified atom stereocenters. The fourth-order valence-corrected chi connectivity index (χ4v) is 4.44. The zero-order chi connectivity index (χ0) is 20.3. The monoisotopic (exact) mass is 437 g/mol. The molecule has 154 valence electrons. The average molecular weight is 437 g/mol. The number of rotatable bonds is 8. The molecule has 0 aliphatic carbocycles. The Balaban J connectivity index is 0.00000256. The fraction of sp³-hybridized carbons (Fsp3) is 0.429. The summed E-state index contributed by atoms with van der Waals surface area (Å²) in [7, 11) is -1.38. The van der Waals surface area contributed by atoms with E-state index in [-0.39, 0.29) is 35.3 Å². The first-order valence-electron chi connectivity index (χ1n) is 9.73. The van der Waals surface area contributed by atoms with Gasteiger partial charge >= 0.3 is 29.6 Å². The van der Waals surface area contributed by atoms with Gasteiger partial charge in [-0.05, 0) is 30.4 Å². The number of para-hydroxylation sites is 2. The van der Waals surface area contributed by atoms with E-state index in [1.807, 2.05) is 44.2 Å². The van der Waals surface area contributed by atoms with Crippen LogP contribution in [0.15, 0.2) is 41.7 Å². The quantitative estimate of drug-likeness (QED) is 0.463. The zero-order valence-corrected chi connectivity index (χ0v) is 20.4. The number of ether oxygens (including phenoxy) is 3. The number of hydrogen-bond donors (Lipinski definition) is 0. The van der Waals surface area contributed by atoms with Crippen molar-refractivity contribution in [3.63, 3.8) is 0 Å². The maximum absolute atomic E-state index is 12.8. The molecular weight excluding hydrogens is 413 g/mol. The minimum atomic E-state index is -1.38. The molecular formula is C21H24N3NaO4S. The van der Waals surface area contributed by atoms with Crippen LogP contribution in [0.3, 0.4) is 0 Å². The molecule has 7 nitrogen and oxygen atoms in total. The molecule has 1 aliphatic heterocycles. The summed E-state index contributed by atoms with van der Waals surface area (Å²) in [5, 5.41) is 0.333. The molecule has 3 aromatic rings. The van der Waals surface area contributed by atoms with E-state index in [4.69, 9.17) is 14.2 Å². The molecule has 3 heterocycles. The molecule has 0 spiro atoms. The largest absolute Gasteiger partial charge is 1.00 e. The topological polar surface area (TPSA) is 84.6 Å². The van der Waals surface area contributed by atoms with Crippen LogP contribution in [0.2, 0.25) is 0 Å². The Hall–Kier alpha value is -1.29. The summed E-state index contributed by atoms with van der Waals surface area (Å²) in [5.41, 5.74) is 3.08. The maximum Gasteiger partial charge on any atom is 1.00 e. The van der Waals surface area contributed by atoms with Crippen LogP contribution in [0.4, 0.5) is 0 Å². The van der Waals surface area contributed by atoms with Gasteiger partial charge < -0.3 is 24.2 Å². The Kier molecular flexibility index (Phi) is 8.06. The first kappa shape index (κ1) is 23.4. The van der Waals surface area contributed by atoms with Crippen LogP contribution in [0.5, 0.6) is 5.75 Å². The summed E-state index contributed by atoms with van der Waals surface area (Å²) in [5.74, 6) is 0.428. The first-order valence-corrected chi connectivity index (χ1v) is 11.1. The molecule has 1 atom stereocenters. The van der Waals surface area contributed by atoms with Gasteiger partial charge in [-0.3, -0.25) is 9.19 Å². The van der Waals surface area contributed by atoms with Gasteiger partial charge in [0.15, 0.2) is 5.79 Å². The van der Waals surface area contributed by atoms with Crippen molar-refractivity contribution in [2.24, 2.45) is 0 Å². The van der Waals surface area contributed by atoms with Crippen molar-refractivity contribution in [2.45, 2.75) is 43.4 Å². The van der Waals surface area contributed by atoms with Crippen molar-refractivity contribution >= 4 is 21.8 Å². The van der Waals surface area contributed by atoms with Gasteiger partial charge in [0.25, 0.3) is 0 Å². The van der Waals surface area contributed by atoms with E-state index >= 15 is 0 Å². The number of nitrogens with zero attached hydrogens (tertiary/aromatic N) is 3. The van der Waals surface area contributed by atoms with E-state index < -0.39 is 16.6 Å². The third kappa shape index (κ3) is 5.12. The predicted molar refractivity (Wildman–Crippen MR) is 109 cm³/mol. The van der Waals surface area contributed by atoms with Crippen LogP contribution < -0.4 is 39.3 Å². The van der Waals surface area contributed by atoms with E-state index in [1.165, 1.54) is 0 Å². The second-order valence-electron chi connectivity index (χ2n) is 6.93. The standard InChI is InChI=1S/C21H24N3O4S.Na/c1-3-21(27-12-13-28-21)9-11-26-19-8-10-22-18(15(19)2)14-29(25)20-23-16-6-4-5-7-17(16)24-20;/h4-8,10H,3,9,11-14H2,1-2H3;/q-1;+1. The van der Waals surface area contributed by atoms with Crippen molar-refractivity contribution in [3.8, 4) is 5.75 Å². The number of benzene rings is 1. The molecule has 0 amide bonds. The molecule has 1 aromatic carbocycles. The van der Waals surface area contributed by atoms with Crippen LogP contribution in [0.25, 0.3) is 11.0 Å². The molecule has 1 saturated heterocycles. The molecule has 0 saturated carbocycles. The molecule has 1 aliphatic rings. The van der Waals surface area contributed by atoms with Gasteiger partial charge in [-0.2, -0.15) is 0 Å². The number of fused-ring (bicyclic) bond motifs is 1.